The molecule has 0 saturated carbocycles. The quantitative estimate of drug-likeness (QED) is 0.325. The van der Waals surface area contributed by atoms with Crippen LogP contribution in [0.5, 0.6) is 5.75 Å². The topological polar surface area (TPSA) is 77.5 Å². The molecular weight excluding hydrogens is 471 g/mol. The van der Waals surface area contributed by atoms with Crippen LogP contribution in [0.3, 0.4) is 0 Å². The highest BCUT2D eigenvalue weighted by Gasteiger charge is 2.16. The number of benzene rings is 3. The van der Waals surface area contributed by atoms with Gasteiger partial charge in [0.25, 0.3) is 5.91 Å². The van der Waals surface area contributed by atoms with Gasteiger partial charge < -0.3 is 9.47 Å². The first kappa shape index (κ1) is 22.1. The number of hydrogen-bond donors (Lipinski definition) is 1. The standard InChI is InChI=1S/C23H16Cl2N2O4S/c24-15-10-9-14(17(25)11-15)12-30-19-7-3-1-5-16(19)22(29)31-13-21(28)27-23-26-18-6-2-4-8-20(18)32-23/h1-11H,12-13H2,(H,26,27,28). The van der Waals surface area contributed by atoms with E-state index in [0.29, 0.717) is 20.9 Å². The number of para-hydroxylation sites is 2. The van der Waals surface area contributed by atoms with Gasteiger partial charge in [-0.05, 0) is 36.4 Å². The maximum absolute atomic E-state index is 12.5. The van der Waals surface area contributed by atoms with Gasteiger partial charge in [-0.3, -0.25) is 10.1 Å². The number of esters is 1. The Morgan fingerprint density at radius 2 is 1.78 bits per heavy atom. The predicted octanol–water partition coefficient (Wildman–Crippen LogP) is 5.98. The molecule has 3 aromatic carbocycles. The molecule has 1 aromatic heterocycles. The van der Waals surface area contributed by atoms with E-state index in [1.165, 1.54) is 11.3 Å². The minimum absolute atomic E-state index is 0.137. The van der Waals surface area contributed by atoms with Crippen molar-refractivity contribution in [3.05, 3.63) is 87.9 Å². The Kier molecular flexibility index (Phi) is 6.90. The zero-order chi connectivity index (χ0) is 22.5. The molecule has 0 bridgehead atoms. The molecule has 4 aromatic rings. The minimum Gasteiger partial charge on any atom is -0.488 e. The first-order valence-corrected chi connectivity index (χ1v) is 11.0. The van der Waals surface area contributed by atoms with Crippen molar-refractivity contribution in [2.45, 2.75) is 6.61 Å². The Hall–Kier alpha value is -3.13. The summed E-state index contributed by atoms with van der Waals surface area (Å²) in [4.78, 5) is 29.1. The monoisotopic (exact) mass is 486 g/mol. The number of fused-ring (bicyclic) bond motifs is 1. The molecule has 0 aliphatic rings. The highest BCUT2D eigenvalue weighted by atomic mass is 35.5. The number of aromatic nitrogens is 1. The fourth-order valence-electron chi connectivity index (χ4n) is 2.85. The molecule has 0 aliphatic heterocycles. The van der Waals surface area contributed by atoms with E-state index in [1.807, 2.05) is 24.3 Å². The number of halogens is 2. The van der Waals surface area contributed by atoms with Crippen LogP contribution in [0, 0.1) is 0 Å². The van der Waals surface area contributed by atoms with Crippen molar-refractivity contribution in [2.24, 2.45) is 0 Å². The van der Waals surface area contributed by atoms with E-state index in [9.17, 15) is 9.59 Å². The molecule has 0 fully saturated rings. The molecule has 6 nitrogen and oxygen atoms in total. The predicted molar refractivity (Wildman–Crippen MR) is 126 cm³/mol. The molecule has 0 unspecified atom stereocenters. The second-order valence-electron chi connectivity index (χ2n) is 6.63. The summed E-state index contributed by atoms with van der Waals surface area (Å²) in [5.74, 6) is -0.846. The zero-order valence-electron chi connectivity index (χ0n) is 16.5. The highest BCUT2D eigenvalue weighted by Crippen LogP contribution is 2.26. The number of carbonyl (C=O) groups excluding carboxylic acids is 2. The Bertz CT molecular complexity index is 1260. The molecule has 4 rings (SSSR count). The number of anilines is 1. The molecule has 32 heavy (non-hydrogen) atoms. The smallest absolute Gasteiger partial charge is 0.342 e. The third-order valence-corrected chi connectivity index (χ3v) is 5.92. The lowest BCUT2D eigenvalue weighted by atomic mass is 10.2. The van der Waals surface area contributed by atoms with Gasteiger partial charge in [0.15, 0.2) is 11.7 Å². The van der Waals surface area contributed by atoms with Crippen LogP contribution in [-0.2, 0) is 16.1 Å². The molecular formula is C23H16Cl2N2O4S. The number of amides is 1. The van der Waals surface area contributed by atoms with Crippen molar-refractivity contribution < 1.29 is 19.1 Å². The number of thiazole rings is 1. The van der Waals surface area contributed by atoms with Crippen LogP contribution in [0.1, 0.15) is 15.9 Å². The van der Waals surface area contributed by atoms with Crippen molar-refractivity contribution in [3.8, 4) is 5.75 Å². The SMILES string of the molecule is O=C(COC(=O)c1ccccc1OCc1ccc(Cl)cc1Cl)Nc1nc2ccccc2s1. The summed E-state index contributed by atoms with van der Waals surface area (Å²) in [6.07, 6.45) is 0. The average Bonchev–Trinajstić information content (AvgIpc) is 3.19. The number of hydrogen-bond acceptors (Lipinski definition) is 6. The summed E-state index contributed by atoms with van der Waals surface area (Å²) in [7, 11) is 0. The normalized spacial score (nSPS) is 10.7. The summed E-state index contributed by atoms with van der Waals surface area (Å²) in [6, 6.07) is 19.2. The summed E-state index contributed by atoms with van der Waals surface area (Å²) >= 11 is 13.4. The van der Waals surface area contributed by atoms with Crippen molar-refractivity contribution in [1.82, 2.24) is 4.98 Å². The van der Waals surface area contributed by atoms with E-state index in [1.54, 1.807) is 42.5 Å². The van der Waals surface area contributed by atoms with Crippen LogP contribution in [0.15, 0.2) is 66.7 Å². The summed E-state index contributed by atoms with van der Waals surface area (Å²) in [5.41, 5.74) is 1.71. The van der Waals surface area contributed by atoms with Crippen LogP contribution in [-0.4, -0.2) is 23.5 Å². The van der Waals surface area contributed by atoms with E-state index >= 15 is 0 Å². The lowest BCUT2D eigenvalue weighted by molar-refractivity contribution is -0.119. The molecule has 0 aliphatic carbocycles. The van der Waals surface area contributed by atoms with Gasteiger partial charge in [0, 0.05) is 15.6 Å². The van der Waals surface area contributed by atoms with Crippen LogP contribution in [0.4, 0.5) is 5.13 Å². The number of nitrogens with one attached hydrogen (secondary N) is 1. The molecule has 162 valence electrons. The van der Waals surface area contributed by atoms with Crippen LogP contribution in [0.25, 0.3) is 10.2 Å². The van der Waals surface area contributed by atoms with Gasteiger partial charge in [0.1, 0.15) is 17.9 Å². The molecule has 9 heteroatoms. The summed E-state index contributed by atoms with van der Waals surface area (Å²) in [5, 5.41) is 4.07. The fraction of sp³-hybridized carbons (Fsp3) is 0.0870. The Labute approximate surface area is 197 Å². The number of ether oxygens (including phenoxy) is 2. The third kappa shape index (κ3) is 5.37. The van der Waals surface area contributed by atoms with Crippen LogP contribution in [0.2, 0.25) is 10.0 Å². The van der Waals surface area contributed by atoms with Crippen molar-refractivity contribution in [3.63, 3.8) is 0 Å². The average molecular weight is 487 g/mol. The maximum atomic E-state index is 12.5. The second-order valence-corrected chi connectivity index (χ2v) is 8.51. The molecule has 1 heterocycles. The van der Waals surface area contributed by atoms with Crippen LogP contribution < -0.4 is 10.1 Å². The van der Waals surface area contributed by atoms with E-state index in [2.05, 4.69) is 10.3 Å². The first-order valence-electron chi connectivity index (χ1n) is 9.48. The molecule has 0 radical (unpaired) electrons. The van der Waals surface area contributed by atoms with Crippen molar-refractivity contribution >= 4 is 61.8 Å². The van der Waals surface area contributed by atoms with Gasteiger partial charge in [0.05, 0.1) is 10.2 Å². The summed E-state index contributed by atoms with van der Waals surface area (Å²) in [6.45, 7) is -0.315. The van der Waals surface area contributed by atoms with E-state index < -0.39 is 18.5 Å². The van der Waals surface area contributed by atoms with Gasteiger partial charge >= 0.3 is 5.97 Å². The fourth-order valence-corrected chi connectivity index (χ4v) is 4.19. The van der Waals surface area contributed by atoms with Gasteiger partial charge in [0.2, 0.25) is 0 Å². The van der Waals surface area contributed by atoms with Crippen LogP contribution >= 0.6 is 34.5 Å². The van der Waals surface area contributed by atoms with Gasteiger partial charge in [-0.1, -0.05) is 64.9 Å². The highest BCUT2D eigenvalue weighted by molar-refractivity contribution is 7.22. The van der Waals surface area contributed by atoms with Crippen molar-refractivity contribution in [2.75, 3.05) is 11.9 Å². The minimum atomic E-state index is -0.678. The molecule has 0 atom stereocenters. The molecule has 1 amide bonds. The van der Waals surface area contributed by atoms with Crippen molar-refractivity contribution in [1.29, 1.82) is 0 Å². The molecule has 0 saturated heterocycles. The van der Waals surface area contributed by atoms with E-state index in [-0.39, 0.29) is 12.2 Å². The van der Waals surface area contributed by atoms with E-state index in [0.717, 1.165) is 15.8 Å². The summed E-state index contributed by atoms with van der Waals surface area (Å²) < 4.78 is 11.9. The molecule has 0 spiro atoms. The number of rotatable bonds is 7. The van der Waals surface area contributed by atoms with E-state index in [4.69, 9.17) is 32.7 Å². The Morgan fingerprint density at radius 3 is 2.59 bits per heavy atom. The van der Waals surface area contributed by atoms with Gasteiger partial charge in [-0.15, -0.1) is 0 Å². The lowest BCUT2D eigenvalue weighted by Gasteiger charge is -2.12. The zero-order valence-corrected chi connectivity index (χ0v) is 18.8. The first-order chi connectivity index (χ1) is 15.5. The molecule has 1 N–H and O–H groups in total. The van der Waals surface area contributed by atoms with Gasteiger partial charge in [-0.2, -0.15) is 0 Å². The Balaban J connectivity index is 1.36. The Morgan fingerprint density at radius 1 is 1.00 bits per heavy atom. The van der Waals surface area contributed by atoms with Gasteiger partial charge in [-0.25, -0.2) is 9.78 Å². The lowest BCUT2D eigenvalue weighted by Crippen LogP contribution is -2.21. The maximum Gasteiger partial charge on any atom is 0.342 e. The third-order valence-electron chi connectivity index (χ3n) is 4.38. The second kappa shape index (κ2) is 9.99. The largest absolute Gasteiger partial charge is 0.488 e. The number of nitrogens with zero attached hydrogens (tertiary/aromatic N) is 1. The number of carbonyl (C=O) groups is 2.